The second-order valence-electron chi connectivity index (χ2n) is 7.82. The minimum atomic E-state index is -4.44. The number of hydrogen-bond acceptors (Lipinski definition) is 4. The summed E-state index contributed by atoms with van der Waals surface area (Å²) in [7, 11) is -3.94. The van der Waals surface area contributed by atoms with E-state index >= 15 is 0 Å². The van der Waals surface area contributed by atoms with Crippen LogP contribution in [0.2, 0.25) is 0 Å². The number of sulfonamides is 1. The zero-order chi connectivity index (χ0) is 24.7. The van der Waals surface area contributed by atoms with E-state index in [-0.39, 0.29) is 18.0 Å². The number of aromatic nitrogens is 2. The van der Waals surface area contributed by atoms with Gasteiger partial charge in [0.15, 0.2) is 0 Å². The van der Waals surface area contributed by atoms with Crippen LogP contribution in [0.25, 0.3) is 5.69 Å². The molecular weight excluding hydrogens is 476 g/mol. The number of aryl methyl sites for hydroxylation is 1. The fourth-order valence-corrected chi connectivity index (χ4v) is 5.19. The number of rotatable bonds is 6. The number of halogens is 4. The summed E-state index contributed by atoms with van der Waals surface area (Å²) in [5.41, 5.74) is 0.836. The Bertz CT molecular complexity index is 1300. The number of nitrogens with zero attached hydrogens (tertiary/aromatic N) is 3. The van der Waals surface area contributed by atoms with E-state index in [0.717, 1.165) is 40.7 Å². The lowest BCUT2D eigenvalue weighted by Gasteiger charge is -2.38. The first-order valence-electron chi connectivity index (χ1n) is 10.2. The van der Waals surface area contributed by atoms with Crippen molar-refractivity contribution in [1.29, 1.82) is 0 Å². The summed E-state index contributed by atoms with van der Waals surface area (Å²) in [6.07, 6.45) is -2.50. The molecule has 7 nitrogen and oxygen atoms in total. The van der Waals surface area contributed by atoms with Gasteiger partial charge in [-0.05, 0) is 61.9 Å². The molecule has 1 N–H and O–H groups in total. The van der Waals surface area contributed by atoms with E-state index in [4.69, 9.17) is 0 Å². The normalized spacial score (nSPS) is 16.8. The summed E-state index contributed by atoms with van der Waals surface area (Å²) in [4.78, 5) is 12.6. The van der Waals surface area contributed by atoms with Crippen molar-refractivity contribution in [3.63, 3.8) is 0 Å². The highest BCUT2D eigenvalue weighted by Crippen LogP contribution is 2.30. The molecular formula is C22H20F4N4O3S. The van der Waals surface area contributed by atoms with Gasteiger partial charge in [0.1, 0.15) is 11.9 Å². The molecule has 0 bridgehead atoms. The van der Waals surface area contributed by atoms with Crippen LogP contribution in [0.15, 0.2) is 59.6 Å². The molecule has 1 atom stereocenters. The summed E-state index contributed by atoms with van der Waals surface area (Å²) in [5, 5.41) is 6.97. The summed E-state index contributed by atoms with van der Waals surface area (Å²) in [5.74, 6) is -1.05. The monoisotopic (exact) mass is 496 g/mol. The van der Waals surface area contributed by atoms with E-state index in [1.165, 1.54) is 16.8 Å². The zero-order valence-electron chi connectivity index (χ0n) is 17.9. The molecule has 1 aliphatic rings. The van der Waals surface area contributed by atoms with Crippen LogP contribution in [0.5, 0.6) is 0 Å². The van der Waals surface area contributed by atoms with Crippen molar-refractivity contribution >= 4 is 15.9 Å². The number of hydrogen-bond donors (Lipinski definition) is 1. The van der Waals surface area contributed by atoms with E-state index in [2.05, 4.69) is 10.4 Å². The lowest BCUT2D eigenvalue weighted by atomic mass is 10.1. The number of amides is 1. The van der Waals surface area contributed by atoms with Crippen molar-refractivity contribution in [2.45, 2.75) is 37.0 Å². The first-order valence-corrected chi connectivity index (χ1v) is 11.7. The topological polar surface area (TPSA) is 84.3 Å². The average molecular weight is 496 g/mol. The van der Waals surface area contributed by atoms with Crippen molar-refractivity contribution < 1.29 is 30.8 Å². The summed E-state index contributed by atoms with van der Waals surface area (Å²) in [6, 6.07) is 8.00. The Morgan fingerprint density at radius 2 is 1.76 bits per heavy atom. The zero-order valence-corrected chi connectivity index (χ0v) is 18.7. The molecule has 0 saturated carbocycles. The SMILES string of the molecule is Cc1nn(-c2ccc(C(F)(F)F)cc2)cc1CNC(=O)C1CCN1S(=O)(=O)c1ccc(F)cc1. The highest BCUT2D eigenvalue weighted by atomic mass is 32.2. The van der Waals surface area contributed by atoms with Gasteiger partial charge in [0, 0.05) is 24.8 Å². The van der Waals surface area contributed by atoms with E-state index in [1.54, 1.807) is 13.1 Å². The fraction of sp³-hybridized carbons (Fsp3) is 0.273. The van der Waals surface area contributed by atoms with Crippen LogP contribution in [0, 0.1) is 12.7 Å². The van der Waals surface area contributed by atoms with Gasteiger partial charge in [0.25, 0.3) is 0 Å². The Hall–Kier alpha value is -3.25. The summed E-state index contributed by atoms with van der Waals surface area (Å²) in [6.45, 7) is 1.92. The third-order valence-electron chi connectivity index (χ3n) is 5.61. The van der Waals surface area contributed by atoms with Gasteiger partial charge in [0.05, 0.1) is 21.8 Å². The average Bonchev–Trinajstić information content (AvgIpc) is 3.11. The fourth-order valence-electron chi connectivity index (χ4n) is 3.56. The molecule has 1 aromatic heterocycles. The van der Waals surface area contributed by atoms with E-state index in [1.807, 2.05) is 0 Å². The standard InChI is InChI=1S/C22H20F4N4O3S/c1-14-15(13-29(28-14)18-6-2-16(3-7-18)22(24,25)26)12-27-21(31)20-10-11-30(20)34(32,33)19-8-4-17(23)5-9-19/h2-9,13,20H,10-12H2,1H3,(H,27,31). The molecule has 1 aliphatic heterocycles. The number of carbonyl (C=O) groups excluding carboxylic acids is 1. The number of nitrogens with one attached hydrogen (secondary N) is 1. The third kappa shape index (κ3) is 4.68. The van der Waals surface area contributed by atoms with Crippen molar-refractivity contribution in [2.24, 2.45) is 0 Å². The number of alkyl halides is 3. The van der Waals surface area contributed by atoms with E-state index in [9.17, 15) is 30.8 Å². The lowest BCUT2D eigenvalue weighted by molar-refractivity contribution is -0.137. The van der Waals surface area contributed by atoms with Gasteiger partial charge in [0.2, 0.25) is 15.9 Å². The second kappa shape index (κ2) is 8.84. The Morgan fingerprint density at radius 1 is 1.12 bits per heavy atom. The van der Waals surface area contributed by atoms with Crippen molar-refractivity contribution in [2.75, 3.05) is 6.54 Å². The minimum Gasteiger partial charge on any atom is -0.351 e. The van der Waals surface area contributed by atoms with Gasteiger partial charge in [-0.1, -0.05) is 0 Å². The molecule has 1 saturated heterocycles. The van der Waals surface area contributed by atoms with Crippen LogP contribution in [0.3, 0.4) is 0 Å². The lowest BCUT2D eigenvalue weighted by Crippen LogP contribution is -2.57. The molecule has 180 valence electrons. The third-order valence-corrected chi connectivity index (χ3v) is 7.53. The van der Waals surface area contributed by atoms with Gasteiger partial charge in [-0.15, -0.1) is 0 Å². The van der Waals surface area contributed by atoms with Crippen molar-refractivity contribution in [1.82, 2.24) is 19.4 Å². The molecule has 12 heteroatoms. The van der Waals surface area contributed by atoms with E-state index in [0.29, 0.717) is 23.4 Å². The van der Waals surface area contributed by atoms with Crippen molar-refractivity contribution in [3.8, 4) is 5.69 Å². The molecule has 2 aromatic carbocycles. The molecule has 1 unspecified atom stereocenters. The van der Waals surface area contributed by atoms with Gasteiger partial charge in [-0.2, -0.15) is 22.6 Å². The highest BCUT2D eigenvalue weighted by molar-refractivity contribution is 7.89. The van der Waals surface area contributed by atoms with E-state index < -0.39 is 39.5 Å². The second-order valence-corrected chi connectivity index (χ2v) is 9.71. The van der Waals surface area contributed by atoms with Gasteiger partial charge in [-0.25, -0.2) is 17.5 Å². The van der Waals surface area contributed by atoms with Crippen LogP contribution in [-0.2, 0) is 27.5 Å². The van der Waals surface area contributed by atoms with Gasteiger partial charge in [-0.3, -0.25) is 4.79 Å². The Balaban J connectivity index is 1.41. The van der Waals surface area contributed by atoms with Gasteiger partial charge >= 0.3 is 6.18 Å². The van der Waals surface area contributed by atoms with Crippen LogP contribution in [-0.4, -0.2) is 41.0 Å². The van der Waals surface area contributed by atoms with Crippen LogP contribution < -0.4 is 5.32 Å². The largest absolute Gasteiger partial charge is 0.416 e. The Labute approximate surface area is 193 Å². The maximum Gasteiger partial charge on any atom is 0.416 e. The molecule has 1 fully saturated rings. The van der Waals surface area contributed by atoms with Crippen LogP contribution >= 0.6 is 0 Å². The Morgan fingerprint density at radius 3 is 2.32 bits per heavy atom. The predicted molar refractivity (Wildman–Crippen MR) is 114 cm³/mol. The maximum atomic E-state index is 13.1. The smallest absolute Gasteiger partial charge is 0.351 e. The van der Waals surface area contributed by atoms with Gasteiger partial charge < -0.3 is 5.32 Å². The minimum absolute atomic E-state index is 0.0617. The molecule has 0 spiro atoms. The summed E-state index contributed by atoms with van der Waals surface area (Å²) < 4.78 is 79.4. The predicted octanol–water partition coefficient (Wildman–Crippen LogP) is 3.42. The first-order chi connectivity index (χ1) is 16.0. The molecule has 34 heavy (non-hydrogen) atoms. The highest BCUT2D eigenvalue weighted by Gasteiger charge is 2.42. The molecule has 1 amide bonds. The maximum absolute atomic E-state index is 13.1. The van der Waals surface area contributed by atoms with Crippen molar-refractivity contribution in [3.05, 3.63) is 77.4 Å². The molecule has 3 aromatic rings. The molecule has 0 aliphatic carbocycles. The quantitative estimate of drug-likeness (QED) is 0.530. The molecule has 0 radical (unpaired) electrons. The first kappa shape index (κ1) is 23.9. The number of carbonyl (C=O) groups is 1. The molecule has 2 heterocycles. The Kier molecular flexibility index (Phi) is 6.21. The summed E-state index contributed by atoms with van der Waals surface area (Å²) >= 11 is 0. The van der Waals surface area contributed by atoms with Crippen LogP contribution in [0.4, 0.5) is 17.6 Å². The molecule has 4 rings (SSSR count). The van der Waals surface area contributed by atoms with Crippen LogP contribution in [0.1, 0.15) is 23.2 Å². The number of benzene rings is 2.